The molecule has 1 heterocycles. The predicted octanol–water partition coefficient (Wildman–Crippen LogP) is 4.07. The highest BCUT2D eigenvalue weighted by atomic mass is 79.9. The zero-order valence-corrected chi connectivity index (χ0v) is 14.6. The zero-order chi connectivity index (χ0) is 14.8. The Hall–Kier alpha value is -0.400. The van der Waals surface area contributed by atoms with E-state index in [1.54, 1.807) is 17.5 Å². The highest BCUT2D eigenvalue weighted by molar-refractivity contribution is 9.10. The summed E-state index contributed by atoms with van der Waals surface area (Å²) in [6.45, 7) is 1.82. The quantitative estimate of drug-likeness (QED) is 0.831. The molecule has 3 nitrogen and oxygen atoms in total. The first-order valence-corrected chi connectivity index (χ1v) is 9.42. The average molecular weight is 395 g/mol. The Balaban J connectivity index is 2.11. The fourth-order valence-electron chi connectivity index (χ4n) is 1.83. The molecule has 0 amide bonds. The monoisotopic (exact) mass is 393 g/mol. The lowest BCUT2D eigenvalue weighted by Gasteiger charge is -2.14. The maximum atomic E-state index is 12.2. The Morgan fingerprint density at radius 3 is 2.65 bits per heavy atom. The van der Waals surface area contributed by atoms with Crippen LogP contribution in [0.5, 0.6) is 0 Å². The summed E-state index contributed by atoms with van der Waals surface area (Å²) in [6.07, 6.45) is 0.544. The number of hydrogen-bond acceptors (Lipinski definition) is 3. The second-order valence-corrected chi connectivity index (χ2v) is 8.46. The highest BCUT2D eigenvalue weighted by Gasteiger charge is 2.21. The number of nitrogens with one attached hydrogen (secondary N) is 1. The molecule has 0 bridgehead atoms. The summed E-state index contributed by atoms with van der Waals surface area (Å²) >= 11 is 10.5. The summed E-state index contributed by atoms with van der Waals surface area (Å²) in [7, 11) is -3.50. The Morgan fingerprint density at radius 2 is 2.05 bits per heavy atom. The van der Waals surface area contributed by atoms with Crippen LogP contribution >= 0.6 is 38.9 Å². The molecular weight excluding hydrogens is 382 g/mol. The van der Waals surface area contributed by atoms with Gasteiger partial charge in [0.25, 0.3) is 10.0 Å². The van der Waals surface area contributed by atoms with Gasteiger partial charge in [0.15, 0.2) is 0 Å². The normalized spacial score (nSPS) is 13.3. The van der Waals surface area contributed by atoms with E-state index in [1.807, 2.05) is 25.1 Å². The minimum absolute atomic E-state index is 0.242. The number of benzene rings is 1. The van der Waals surface area contributed by atoms with E-state index < -0.39 is 10.0 Å². The van der Waals surface area contributed by atoms with Crippen LogP contribution in [0.25, 0.3) is 0 Å². The molecule has 20 heavy (non-hydrogen) atoms. The number of hydrogen-bond donors (Lipinski definition) is 1. The Kier molecular flexibility index (Phi) is 5.25. The van der Waals surface area contributed by atoms with Gasteiger partial charge < -0.3 is 0 Å². The zero-order valence-electron chi connectivity index (χ0n) is 10.6. The van der Waals surface area contributed by atoms with E-state index in [0.717, 1.165) is 5.56 Å². The van der Waals surface area contributed by atoms with E-state index in [1.165, 1.54) is 11.3 Å². The summed E-state index contributed by atoms with van der Waals surface area (Å²) in [5.74, 6) is 0. The molecule has 0 aliphatic carbocycles. The Labute approximate surface area is 136 Å². The van der Waals surface area contributed by atoms with Gasteiger partial charge >= 0.3 is 0 Å². The van der Waals surface area contributed by atoms with Crippen LogP contribution in [0.3, 0.4) is 0 Å². The minimum Gasteiger partial charge on any atom is -0.207 e. The van der Waals surface area contributed by atoms with Gasteiger partial charge in [-0.05, 0) is 52.4 Å². The minimum atomic E-state index is -3.50. The molecule has 1 atom stereocenters. The topological polar surface area (TPSA) is 46.2 Å². The molecule has 2 rings (SSSR count). The van der Waals surface area contributed by atoms with Crippen LogP contribution in [-0.4, -0.2) is 14.5 Å². The largest absolute Gasteiger partial charge is 0.251 e. The van der Waals surface area contributed by atoms with Gasteiger partial charge in [-0.25, -0.2) is 13.1 Å². The number of halogens is 2. The van der Waals surface area contributed by atoms with E-state index in [0.29, 0.717) is 20.1 Å². The maximum absolute atomic E-state index is 12.2. The van der Waals surface area contributed by atoms with Crippen molar-refractivity contribution in [3.8, 4) is 0 Å². The van der Waals surface area contributed by atoms with Crippen LogP contribution in [0.15, 0.2) is 44.4 Å². The molecule has 0 radical (unpaired) electrons. The first kappa shape index (κ1) is 16.0. The van der Waals surface area contributed by atoms with Crippen LogP contribution in [0.2, 0.25) is 5.02 Å². The van der Waals surface area contributed by atoms with Gasteiger partial charge in [-0.3, -0.25) is 0 Å². The molecular formula is C13H13BrClNO2S2. The first-order valence-electron chi connectivity index (χ1n) is 5.89. The highest BCUT2D eigenvalue weighted by Crippen LogP contribution is 2.27. The van der Waals surface area contributed by atoms with Crippen molar-refractivity contribution in [1.82, 2.24) is 4.72 Å². The molecule has 0 fully saturated rings. The standard InChI is InChI=1S/C13H13BrClNO2S2/c1-9(8-10-4-2-3-5-12(10)15)16-20(17,18)13-11(14)6-7-19-13/h2-7,9,16H,8H2,1H3. The summed E-state index contributed by atoms with van der Waals surface area (Å²) < 4.78 is 28.0. The van der Waals surface area contributed by atoms with Crippen LogP contribution in [0.4, 0.5) is 0 Å². The second-order valence-electron chi connectivity index (χ2n) is 4.37. The molecule has 0 aliphatic heterocycles. The van der Waals surface area contributed by atoms with Crippen molar-refractivity contribution in [3.63, 3.8) is 0 Å². The molecule has 0 spiro atoms. The van der Waals surface area contributed by atoms with Gasteiger partial charge in [-0.1, -0.05) is 29.8 Å². The number of rotatable bonds is 5. The predicted molar refractivity (Wildman–Crippen MR) is 87.0 cm³/mol. The molecule has 1 N–H and O–H groups in total. The van der Waals surface area contributed by atoms with Gasteiger partial charge in [0.1, 0.15) is 4.21 Å². The number of sulfonamides is 1. The van der Waals surface area contributed by atoms with Gasteiger partial charge in [0.05, 0.1) is 0 Å². The van der Waals surface area contributed by atoms with Crippen LogP contribution < -0.4 is 4.72 Å². The van der Waals surface area contributed by atoms with Crippen molar-refractivity contribution in [2.24, 2.45) is 0 Å². The summed E-state index contributed by atoms with van der Waals surface area (Å²) in [5.41, 5.74) is 0.926. The molecule has 0 saturated heterocycles. The van der Waals surface area contributed by atoms with Gasteiger partial charge in [0, 0.05) is 15.5 Å². The molecule has 2 aromatic rings. The van der Waals surface area contributed by atoms with Gasteiger partial charge in [-0.15, -0.1) is 11.3 Å². The van der Waals surface area contributed by atoms with E-state index in [-0.39, 0.29) is 6.04 Å². The molecule has 0 saturated carbocycles. The summed E-state index contributed by atoms with van der Waals surface area (Å²) in [4.78, 5) is 0. The van der Waals surface area contributed by atoms with Crippen molar-refractivity contribution in [1.29, 1.82) is 0 Å². The lowest BCUT2D eigenvalue weighted by atomic mass is 10.1. The number of thiophene rings is 1. The molecule has 7 heteroatoms. The maximum Gasteiger partial charge on any atom is 0.251 e. The van der Waals surface area contributed by atoms with Gasteiger partial charge in [0.2, 0.25) is 0 Å². The fraction of sp³-hybridized carbons (Fsp3) is 0.231. The van der Waals surface area contributed by atoms with E-state index >= 15 is 0 Å². The third-order valence-electron chi connectivity index (χ3n) is 2.67. The van der Waals surface area contributed by atoms with Crippen molar-refractivity contribution in [2.75, 3.05) is 0 Å². The molecule has 0 aliphatic rings. The second kappa shape index (κ2) is 6.58. The molecule has 1 unspecified atom stereocenters. The molecule has 1 aromatic carbocycles. The van der Waals surface area contributed by atoms with Crippen LogP contribution in [-0.2, 0) is 16.4 Å². The van der Waals surface area contributed by atoms with Crippen LogP contribution in [0, 0.1) is 0 Å². The Bertz CT molecular complexity index is 700. The van der Waals surface area contributed by atoms with Gasteiger partial charge in [-0.2, -0.15) is 0 Å². The van der Waals surface area contributed by atoms with Crippen LogP contribution in [0.1, 0.15) is 12.5 Å². The lowest BCUT2D eigenvalue weighted by Crippen LogP contribution is -2.33. The summed E-state index contributed by atoms with van der Waals surface area (Å²) in [6, 6.07) is 8.91. The van der Waals surface area contributed by atoms with Crippen molar-refractivity contribution in [2.45, 2.75) is 23.6 Å². The SMILES string of the molecule is CC(Cc1ccccc1Cl)NS(=O)(=O)c1sccc1Br. The summed E-state index contributed by atoms with van der Waals surface area (Å²) in [5, 5.41) is 2.38. The Morgan fingerprint density at radius 1 is 1.35 bits per heavy atom. The third kappa shape index (κ3) is 3.83. The fourth-order valence-corrected chi connectivity index (χ4v) is 5.64. The van der Waals surface area contributed by atoms with E-state index in [4.69, 9.17) is 11.6 Å². The van der Waals surface area contributed by atoms with Crippen molar-refractivity contribution < 1.29 is 8.42 Å². The molecule has 1 aromatic heterocycles. The smallest absolute Gasteiger partial charge is 0.207 e. The molecule has 108 valence electrons. The van der Waals surface area contributed by atoms with Crippen molar-refractivity contribution in [3.05, 3.63) is 50.8 Å². The van der Waals surface area contributed by atoms with E-state index in [2.05, 4.69) is 20.7 Å². The van der Waals surface area contributed by atoms with E-state index in [9.17, 15) is 8.42 Å². The third-order valence-corrected chi connectivity index (χ3v) is 7.30. The van der Waals surface area contributed by atoms with Crippen molar-refractivity contribution >= 4 is 48.9 Å². The average Bonchev–Trinajstić information content (AvgIpc) is 2.78. The first-order chi connectivity index (χ1) is 9.40. The lowest BCUT2D eigenvalue weighted by molar-refractivity contribution is 0.561.